The van der Waals surface area contributed by atoms with Crippen LogP contribution in [0, 0.1) is 5.41 Å². The van der Waals surface area contributed by atoms with Gasteiger partial charge in [-0.1, -0.05) is 30.3 Å². The summed E-state index contributed by atoms with van der Waals surface area (Å²) >= 11 is 0. The van der Waals surface area contributed by atoms with Crippen molar-refractivity contribution in [2.75, 3.05) is 7.11 Å². The van der Waals surface area contributed by atoms with E-state index in [2.05, 4.69) is 0 Å². The molecule has 2 aromatic rings. The number of carbonyl (C=O) groups excluding carboxylic acids is 2. The van der Waals surface area contributed by atoms with E-state index in [4.69, 9.17) is 10.5 Å². The number of fused-ring (bicyclic) bond motifs is 2. The Morgan fingerprint density at radius 2 is 1.81 bits per heavy atom. The molecule has 0 spiro atoms. The fourth-order valence-electron chi connectivity index (χ4n) is 4.87. The number of rotatable bonds is 5. The van der Waals surface area contributed by atoms with Gasteiger partial charge in [-0.3, -0.25) is 9.59 Å². The zero-order chi connectivity index (χ0) is 19.0. The van der Waals surface area contributed by atoms with Crippen molar-refractivity contribution in [2.45, 2.75) is 37.8 Å². The maximum atomic E-state index is 13.2. The molecule has 2 fully saturated rings. The summed E-state index contributed by atoms with van der Waals surface area (Å²) in [5.74, 6) is 0.388. The number of methoxy groups -OCH3 is 1. The minimum atomic E-state index is -0.688. The summed E-state index contributed by atoms with van der Waals surface area (Å²) in [5.41, 5.74) is 6.93. The van der Waals surface area contributed by atoms with E-state index in [1.54, 1.807) is 31.4 Å². The second-order valence-electron chi connectivity index (χ2n) is 7.57. The van der Waals surface area contributed by atoms with E-state index in [0.717, 1.165) is 18.4 Å². The minimum absolute atomic E-state index is 0.0265. The van der Waals surface area contributed by atoms with Crippen LogP contribution >= 0.6 is 0 Å². The lowest BCUT2D eigenvalue weighted by Crippen LogP contribution is -2.49. The summed E-state index contributed by atoms with van der Waals surface area (Å²) in [7, 11) is 1.60. The predicted octanol–water partition coefficient (Wildman–Crippen LogP) is 2.79. The second kappa shape index (κ2) is 6.72. The molecule has 2 aromatic carbocycles. The molecular weight excluding hydrogens is 340 g/mol. The lowest BCUT2D eigenvalue weighted by atomic mass is 9.69. The van der Waals surface area contributed by atoms with Gasteiger partial charge in [-0.2, -0.15) is 0 Å². The van der Waals surface area contributed by atoms with Crippen molar-refractivity contribution in [1.29, 1.82) is 0 Å². The van der Waals surface area contributed by atoms with Gasteiger partial charge in [0, 0.05) is 17.6 Å². The van der Waals surface area contributed by atoms with Gasteiger partial charge in [0.05, 0.1) is 12.5 Å². The molecule has 4 rings (SSSR count). The molecule has 2 bridgehead atoms. The second-order valence-corrected chi connectivity index (χ2v) is 7.57. The van der Waals surface area contributed by atoms with E-state index in [9.17, 15) is 9.59 Å². The van der Waals surface area contributed by atoms with E-state index < -0.39 is 5.41 Å². The van der Waals surface area contributed by atoms with E-state index in [1.165, 1.54) is 0 Å². The molecule has 2 heterocycles. The summed E-state index contributed by atoms with van der Waals surface area (Å²) in [5, 5.41) is 0. The first-order chi connectivity index (χ1) is 13.0. The Hall–Kier alpha value is -2.82. The molecule has 5 heteroatoms. The molecule has 0 aliphatic carbocycles. The zero-order valence-corrected chi connectivity index (χ0v) is 15.4. The quantitative estimate of drug-likeness (QED) is 0.887. The smallest absolute Gasteiger partial charge is 0.254 e. The number of hydrogen-bond donors (Lipinski definition) is 1. The maximum absolute atomic E-state index is 13.2. The summed E-state index contributed by atoms with van der Waals surface area (Å²) in [6.45, 7) is 0. The number of nitrogens with two attached hydrogens (primary N) is 1. The van der Waals surface area contributed by atoms with Crippen LogP contribution in [0.3, 0.4) is 0 Å². The van der Waals surface area contributed by atoms with Crippen LogP contribution in [-0.2, 0) is 11.2 Å². The zero-order valence-electron chi connectivity index (χ0n) is 15.4. The molecule has 2 N–H and O–H groups in total. The van der Waals surface area contributed by atoms with Crippen molar-refractivity contribution < 1.29 is 14.3 Å². The normalized spacial score (nSPS) is 26.2. The summed E-state index contributed by atoms with van der Waals surface area (Å²) < 4.78 is 5.17. The van der Waals surface area contributed by atoms with Crippen LogP contribution < -0.4 is 10.5 Å². The summed E-state index contributed by atoms with van der Waals surface area (Å²) in [4.78, 5) is 27.7. The average molecular weight is 364 g/mol. The SMILES string of the molecule is COc1ccc(C(=O)N2[C@H]3CC[C@@H]2[C@](Cc2ccccc2)(C(N)=O)C3)cc1. The Balaban J connectivity index is 1.64. The lowest BCUT2D eigenvalue weighted by Gasteiger charge is -2.34. The van der Waals surface area contributed by atoms with Crippen LogP contribution in [0.15, 0.2) is 54.6 Å². The number of carbonyl (C=O) groups is 2. The van der Waals surface area contributed by atoms with Crippen LogP contribution in [0.1, 0.15) is 35.2 Å². The highest BCUT2D eigenvalue weighted by atomic mass is 16.5. The highest BCUT2D eigenvalue weighted by Gasteiger charge is 2.60. The van der Waals surface area contributed by atoms with E-state index in [1.807, 2.05) is 35.2 Å². The van der Waals surface area contributed by atoms with Crippen molar-refractivity contribution in [1.82, 2.24) is 4.90 Å². The topological polar surface area (TPSA) is 72.6 Å². The van der Waals surface area contributed by atoms with Crippen molar-refractivity contribution in [3.63, 3.8) is 0 Å². The largest absolute Gasteiger partial charge is 0.497 e. The molecule has 0 aromatic heterocycles. The van der Waals surface area contributed by atoms with Gasteiger partial charge in [-0.05, 0) is 55.5 Å². The number of amides is 2. The molecule has 2 aliphatic rings. The lowest BCUT2D eigenvalue weighted by molar-refractivity contribution is -0.129. The van der Waals surface area contributed by atoms with Gasteiger partial charge in [-0.25, -0.2) is 0 Å². The molecule has 5 nitrogen and oxygen atoms in total. The van der Waals surface area contributed by atoms with Crippen LogP contribution in [0.5, 0.6) is 5.75 Å². The van der Waals surface area contributed by atoms with Crippen molar-refractivity contribution >= 4 is 11.8 Å². The number of benzene rings is 2. The summed E-state index contributed by atoms with van der Waals surface area (Å²) in [6.07, 6.45) is 2.97. The highest BCUT2D eigenvalue weighted by Crippen LogP contribution is 2.52. The van der Waals surface area contributed by atoms with Gasteiger partial charge in [0.1, 0.15) is 5.75 Å². The first-order valence-electron chi connectivity index (χ1n) is 9.36. The third kappa shape index (κ3) is 2.87. The van der Waals surface area contributed by atoms with E-state index in [-0.39, 0.29) is 23.9 Å². The summed E-state index contributed by atoms with van der Waals surface area (Å²) in [6, 6.07) is 17.0. The highest BCUT2D eigenvalue weighted by molar-refractivity contribution is 5.96. The fraction of sp³-hybridized carbons (Fsp3) is 0.364. The molecule has 0 unspecified atom stereocenters. The Labute approximate surface area is 159 Å². The monoisotopic (exact) mass is 364 g/mol. The molecule has 2 aliphatic heterocycles. The molecule has 2 saturated heterocycles. The molecular formula is C22H24N2O3. The van der Waals surface area contributed by atoms with Crippen molar-refractivity contribution in [2.24, 2.45) is 11.1 Å². The average Bonchev–Trinajstić information content (AvgIpc) is 3.24. The third-order valence-corrected chi connectivity index (χ3v) is 6.16. The molecule has 140 valence electrons. The Morgan fingerprint density at radius 3 is 2.44 bits per heavy atom. The number of nitrogens with zero attached hydrogens (tertiary/aromatic N) is 1. The molecule has 3 atom stereocenters. The maximum Gasteiger partial charge on any atom is 0.254 e. The fourth-order valence-corrected chi connectivity index (χ4v) is 4.87. The van der Waals surface area contributed by atoms with Crippen LogP contribution in [-0.4, -0.2) is 35.9 Å². The Morgan fingerprint density at radius 1 is 1.11 bits per heavy atom. The number of primary amides is 1. The number of hydrogen-bond acceptors (Lipinski definition) is 3. The van der Waals surface area contributed by atoms with Crippen molar-refractivity contribution in [3.8, 4) is 5.75 Å². The van der Waals surface area contributed by atoms with Crippen LogP contribution in [0.25, 0.3) is 0 Å². The van der Waals surface area contributed by atoms with Gasteiger partial charge in [-0.15, -0.1) is 0 Å². The van der Waals surface area contributed by atoms with Gasteiger partial charge in [0.25, 0.3) is 5.91 Å². The van der Waals surface area contributed by atoms with Crippen LogP contribution in [0.4, 0.5) is 0 Å². The van der Waals surface area contributed by atoms with Gasteiger partial charge in [0.15, 0.2) is 0 Å². The Kier molecular flexibility index (Phi) is 4.38. The number of ether oxygens (including phenoxy) is 1. The minimum Gasteiger partial charge on any atom is -0.497 e. The standard InChI is InChI=1S/C22H24N2O3/c1-27-18-10-7-16(8-11-18)20(25)24-17-9-12-19(24)22(14-17,21(23)26)13-15-5-3-2-4-6-15/h2-8,10-11,17,19H,9,12-14H2,1H3,(H2,23,26)/t17-,19+,22+/m0/s1. The Bertz CT molecular complexity index is 850. The van der Waals surface area contributed by atoms with Gasteiger partial charge >= 0.3 is 0 Å². The van der Waals surface area contributed by atoms with Crippen LogP contribution in [0.2, 0.25) is 0 Å². The van der Waals surface area contributed by atoms with Gasteiger partial charge < -0.3 is 15.4 Å². The first-order valence-corrected chi connectivity index (χ1v) is 9.36. The molecule has 2 amide bonds. The van der Waals surface area contributed by atoms with E-state index >= 15 is 0 Å². The van der Waals surface area contributed by atoms with Crippen molar-refractivity contribution in [3.05, 3.63) is 65.7 Å². The van der Waals surface area contributed by atoms with E-state index in [0.29, 0.717) is 24.2 Å². The van der Waals surface area contributed by atoms with Gasteiger partial charge in [0.2, 0.25) is 5.91 Å². The predicted molar refractivity (Wildman–Crippen MR) is 102 cm³/mol. The molecule has 0 saturated carbocycles. The molecule has 27 heavy (non-hydrogen) atoms. The molecule has 0 radical (unpaired) electrons. The first kappa shape index (κ1) is 17.6. The third-order valence-electron chi connectivity index (χ3n) is 6.16.